The summed E-state index contributed by atoms with van der Waals surface area (Å²) >= 11 is 0. The standard InChI is InChI=1S/C14H18N2O4/c1-8-9-5-6-10(12(17)18)15-11(9)7-16(8)13(19)20-14(2,3)4/h5-6,8H,7H2,1-4H3,(H,17,18). The Morgan fingerprint density at radius 3 is 2.60 bits per heavy atom. The molecule has 6 heteroatoms. The zero-order valence-electron chi connectivity index (χ0n) is 12.0. The number of amides is 1. The van der Waals surface area contributed by atoms with Crippen LogP contribution in [0.15, 0.2) is 12.1 Å². The van der Waals surface area contributed by atoms with Crippen LogP contribution >= 0.6 is 0 Å². The SMILES string of the molecule is CC1c2ccc(C(=O)O)nc2CN1C(=O)OC(C)(C)C. The highest BCUT2D eigenvalue weighted by Gasteiger charge is 2.34. The molecular weight excluding hydrogens is 260 g/mol. The number of fused-ring (bicyclic) bond motifs is 1. The van der Waals surface area contributed by atoms with Crippen molar-refractivity contribution in [2.75, 3.05) is 0 Å². The fourth-order valence-corrected chi connectivity index (χ4v) is 2.15. The van der Waals surface area contributed by atoms with Crippen LogP contribution in [0.4, 0.5) is 4.79 Å². The van der Waals surface area contributed by atoms with E-state index in [4.69, 9.17) is 9.84 Å². The number of carbonyl (C=O) groups excluding carboxylic acids is 1. The normalized spacial score (nSPS) is 17.8. The molecule has 0 spiro atoms. The second-order valence-corrected chi connectivity index (χ2v) is 5.82. The van der Waals surface area contributed by atoms with E-state index >= 15 is 0 Å². The van der Waals surface area contributed by atoms with Crippen molar-refractivity contribution in [2.45, 2.75) is 45.9 Å². The molecule has 1 amide bonds. The lowest BCUT2D eigenvalue weighted by molar-refractivity contribution is 0.0186. The van der Waals surface area contributed by atoms with Gasteiger partial charge in [0.15, 0.2) is 0 Å². The molecule has 1 aliphatic rings. The van der Waals surface area contributed by atoms with Gasteiger partial charge in [-0.2, -0.15) is 0 Å². The molecular formula is C14H18N2O4. The van der Waals surface area contributed by atoms with E-state index in [0.29, 0.717) is 5.69 Å². The summed E-state index contributed by atoms with van der Waals surface area (Å²) in [7, 11) is 0. The third-order valence-corrected chi connectivity index (χ3v) is 3.09. The molecule has 0 bridgehead atoms. The highest BCUT2D eigenvalue weighted by atomic mass is 16.6. The van der Waals surface area contributed by atoms with Crippen molar-refractivity contribution in [3.8, 4) is 0 Å². The largest absolute Gasteiger partial charge is 0.477 e. The third kappa shape index (κ3) is 2.74. The number of aromatic nitrogens is 1. The van der Waals surface area contributed by atoms with Crippen LogP contribution in [0.3, 0.4) is 0 Å². The molecule has 6 nitrogen and oxygen atoms in total. The van der Waals surface area contributed by atoms with Crippen LogP contribution in [-0.2, 0) is 11.3 Å². The second-order valence-electron chi connectivity index (χ2n) is 5.82. The van der Waals surface area contributed by atoms with Crippen LogP contribution in [-0.4, -0.2) is 32.7 Å². The van der Waals surface area contributed by atoms with Crippen LogP contribution in [0.2, 0.25) is 0 Å². The number of carboxylic acids is 1. The van der Waals surface area contributed by atoms with E-state index in [1.54, 1.807) is 31.7 Å². The first-order chi connectivity index (χ1) is 9.19. The maximum absolute atomic E-state index is 12.1. The van der Waals surface area contributed by atoms with E-state index < -0.39 is 17.7 Å². The lowest BCUT2D eigenvalue weighted by atomic mass is 10.1. The van der Waals surface area contributed by atoms with Gasteiger partial charge in [-0.3, -0.25) is 4.90 Å². The van der Waals surface area contributed by atoms with E-state index in [1.807, 2.05) is 6.92 Å². The highest BCUT2D eigenvalue weighted by molar-refractivity contribution is 5.85. The van der Waals surface area contributed by atoms with Gasteiger partial charge >= 0.3 is 12.1 Å². The summed E-state index contributed by atoms with van der Waals surface area (Å²) in [4.78, 5) is 28.7. The smallest absolute Gasteiger partial charge is 0.411 e. The number of carbonyl (C=O) groups is 2. The van der Waals surface area contributed by atoms with Crippen molar-refractivity contribution in [3.63, 3.8) is 0 Å². The van der Waals surface area contributed by atoms with Crippen LogP contribution in [0.5, 0.6) is 0 Å². The average Bonchev–Trinajstić information content (AvgIpc) is 2.64. The molecule has 0 radical (unpaired) electrons. The Morgan fingerprint density at radius 2 is 2.05 bits per heavy atom. The summed E-state index contributed by atoms with van der Waals surface area (Å²) in [6.45, 7) is 7.56. The highest BCUT2D eigenvalue weighted by Crippen LogP contribution is 2.33. The summed E-state index contributed by atoms with van der Waals surface area (Å²) in [5.41, 5.74) is 0.900. The average molecular weight is 278 g/mol. The first-order valence-electron chi connectivity index (χ1n) is 6.42. The number of nitrogens with zero attached hydrogens (tertiary/aromatic N) is 2. The van der Waals surface area contributed by atoms with Gasteiger partial charge in [0.25, 0.3) is 0 Å². The lowest BCUT2D eigenvalue weighted by Crippen LogP contribution is -2.35. The minimum Gasteiger partial charge on any atom is -0.477 e. The molecule has 20 heavy (non-hydrogen) atoms. The monoisotopic (exact) mass is 278 g/mol. The summed E-state index contributed by atoms with van der Waals surface area (Å²) < 4.78 is 5.34. The number of pyridine rings is 1. The molecule has 0 aliphatic carbocycles. The Hall–Kier alpha value is -2.11. The zero-order valence-corrected chi connectivity index (χ0v) is 12.0. The van der Waals surface area contributed by atoms with Gasteiger partial charge in [-0.25, -0.2) is 14.6 Å². The third-order valence-electron chi connectivity index (χ3n) is 3.09. The molecule has 0 saturated carbocycles. The first-order valence-corrected chi connectivity index (χ1v) is 6.42. The summed E-state index contributed by atoms with van der Waals surface area (Å²) in [6, 6.07) is 2.99. The van der Waals surface area contributed by atoms with Crippen molar-refractivity contribution >= 4 is 12.1 Å². The molecule has 108 valence electrons. The molecule has 0 fully saturated rings. The maximum atomic E-state index is 12.1. The summed E-state index contributed by atoms with van der Waals surface area (Å²) in [5.74, 6) is -1.07. The van der Waals surface area contributed by atoms with Gasteiger partial charge in [0.05, 0.1) is 18.3 Å². The van der Waals surface area contributed by atoms with Gasteiger partial charge in [-0.05, 0) is 39.3 Å². The Bertz CT molecular complexity index is 563. The number of aromatic carboxylic acids is 1. The molecule has 1 aromatic heterocycles. The van der Waals surface area contributed by atoms with Gasteiger partial charge < -0.3 is 9.84 Å². The van der Waals surface area contributed by atoms with Crippen molar-refractivity contribution in [3.05, 3.63) is 29.1 Å². The number of hydrogen-bond donors (Lipinski definition) is 1. The van der Waals surface area contributed by atoms with Gasteiger partial charge in [-0.1, -0.05) is 6.07 Å². The Kier molecular flexibility index (Phi) is 3.41. The molecule has 1 unspecified atom stereocenters. The van der Waals surface area contributed by atoms with Gasteiger partial charge in [0.2, 0.25) is 0 Å². The van der Waals surface area contributed by atoms with E-state index in [2.05, 4.69) is 4.98 Å². The maximum Gasteiger partial charge on any atom is 0.411 e. The van der Waals surface area contributed by atoms with Crippen LogP contribution in [0.1, 0.15) is 55.5 Å². The summed E-state index contributed by atoms with van der Waals surface area (Å²) in [5, 5.41) is 8.94. The molecule has 1 aliphatic heterocycles. The van der Waals surface area contributed by atoms with Crippen molar-refractivity contribution in [1.29, 1.82) is 0 Å². The fourth-order valence-electron chi connectivity index (χ4n) is 2.15. The topological polar surface area (TPSA) is 79.7 Å². The molecule has 2 rings (SSSR count). The second kappa shape index (κ2) is 4.77. The number of carboxylic acid groups (broad SMARTS) is 1. The Morgan fingerprint density at radius 1 is 1.40 bits per heavy atom. The number of hydrogen-bond acceptors (Lipinski definition) is 4. The quantitative estimate of drug-likeness (QED) is 0.854. The first kappa shape index (κ1) is 14.3. The van der Waals surface area contributed by atoms with E-state index in [0.717, 1.165) is 5.56 Å². The van der Waals surface area contributed by atoms with Crippen LogP contribution < -0.4 is 0 Å². The molecule has 1 atom stereocenters. The lowest BCUT2D eigenvalue weighted by Gasteiger charge is -2.26. The molecule has 0 aromatic carbocycles. The predicted octanol–water partition coefficient (Wildman–Crippen LogP) is 2.59. The zero-order chi connectivity index (χ0) is 15.1. The van der Waals surface area contributed by atoms with Gasteiger partial charge in [-0.15, -0.1) is 0 Å². The van der Waals surface area contributed by atoms with Crippen molar-refractivity contribution in [2.24, 2.45) is 0 Å². The molecule has 1 N–H and O–H groups in total. The Labute approximate surface area is 117 Å². The molecule has 2 heterocycles. The molecule has 0 saturated heterocycles. The Balaban J connectivity index is 2.22. The van der Waals surface area contributed by atoms with Crippen LogP contribution in [0.25, 0.3) is 0 Å². The predicted molar refractivity (Wildman–Crippen MR) is 71.4 cm³/mol. The fraction of sp³-hybridized carbons (Fsp3) is 0.500. The van der Waals surface area contributed by atoms with Crippen molar-refractivity contribution in [1.82, 2.24) is 9.88 Å². The molecule has 1 aromatic rings. The minimum absolute atomic E-state index is 0.0120. The van der Waals surface area contributed by atoms with Gasteiger partial charge in [0, 0.05) is 0 Å². The number of ether oxygens (including phenoxy) is 1. The number of rotatable bonds is 1. The van der Waals surface area contributed by atoms with Crippen LogP contribution in [0, 0.1) is 0 Å². The van der Waals surface area contributed by atoms with Crippen molar-refractivity contribution < 1.29 is 19.4 Å². The van der Waals surface area contributed by atoms with E-state index in [-0.39, 0.29) is 18.3 Å². The van der Waals surface area contributed by atoms with Gasteiger partial charge in [0.1, 0.15) is 11.3 Å². The van der Waals surface area contributed by atoms with E-state index in [9.17, 15) is 9.59 Å². The summed E-state index contributed by atoms with van der Waals surface area (Å²) in [6.07, 6.45) is -0.417. The van der Waals surface area contributed by atoms with E-state index in [1.165, 1.54) is 6.07 Å². The minimum atomic E-state index is -1.07.